The third kappa shape index (κ3) is 2.80. The number of nitrogens with one attached hydrogen (secondary N) is 2. The zero-order valence-electron chi connectivity index (χ0n) is 14.2. The van der Waals surface area contributed by atoms with Crippen LogP contribution < -0.4 is 10.8 Å². The zero-order valence-corrected chi connectivity index (χ0v) is 14.2. The minimum absolute atomic E-state index is 0.0291. The van der Waals surface area contributed by atoms with Crippen LogP contribution in [0.4, 0.5) is 0 Å². The lowest BCUT2D eigenvalue weighted by molar-refractivity contribution is -0.145. The second-order valence-electron chi connectivity index (χ2n) is 7.12. The highest BCUT2D eigenvalue weighted by Gasteiger charge is 2.49. The molecule has 0 bridgehead atoms. The van der Waals surface area contributed by atoms with E-state index < -0.39 is 17.4 Å². The molecule has 0 radical (unpaired) electrons. The summed E-state index contributed by atoms with van der Waals surface area (Å²) >= 11 is 0. The van der Waals surface area contributed by atoms with Crippen molar-refractivity contribution >= 4 is 11.8 Å². The molecule has 3 N–H and O–H groups in total. The van der Waals surface area contributed by atoms with Gasteiger partial charge in [-0.15, -0.1) is 0 Å². The molecule has 2 saturated heterocycles. The van der Waals surface area contributed by atoms with Crippen molar-refractivity contribution in [3.8, 4) is 0 Å². The predicted molar refractivity (Wildman–Crippen MR) is 89.6 cm³/mol. The first-order valence-corrected chi connectivity index (χ1v) is 8.50. The number of carbonyl (C=O) groups excluding carboxylic acids is 2. The SMILES string of the molecule is Cc1ccc(C2(C)CCN([C@@H](C(=O)NO)C3CCNC3)C2=O)cc1. The van der Waals surface area contributed by atoms with E-state index in [1.165, 1.54) is 0 Å². The highest BCUT2D eigenvalue weighted by molar-refractivity contribution is 5.94. The third-order valence-corrected chi connectivity index (χ3v) is 5.53. The van der Waals surface area contributed by atoms with Gasteiger partial charge in [0.25, 0.3) is 5.91 Å². The molecule has 6 heteroatoms. The number of hydrogen-bond donors (Lipinski definition) is 3. The van der Waals surface area contributed by atoms with Crippen LogP contribution in [0, 0.1) is 12.8 Å². The Balaban J connectivity index is 1.88. The minimum atomic E-state index is -0.621. The van der Waals surface area contributed by atoms with Crippen molar-refractivity contribution in [2.24, 2.45) is 5.92 Å². The smallest absolute Gasteiger partial charge is 0.266 e. The van der Waals surface area contributed by atoms with Crippen LogP contribution in [-0.4, -0.2) is 47.6 Å². The molecule has 3 rings (SSSR count). The predicted octanol–water partition coefficient (Wildman–Crippen LogP) is 0.969. The van der Waals surface area contributed by atoms with Gasteiger partial charge in [0.2, 0.25) is 5.91 Å². The van der Waals surface area contributed by atoms with E-state index in [9.17, 15) is 9.59 Å². The fourth-order valence-electron chi connectivity index (χ4n) is 3.95. The Bertz CT molecular complexity index is 625. The van der Waals surface area contributed by atoms with Gasteiger partial charge in [0.05, 0.1) is 5.41 Å². The van der Waals surface area contributed by atoms with Gasteiger partial charge < -0.3 is 10.2 Å². The molecule has 2 fully saturated rings. The average Bonchev–Trinajstić information content (AvgIpc) is 3.20. The quantitative estimate of drug-likeness (QED) is 0.567. The van der Waals surface area contributed by atoms with Crippen molar-refractivity contribution in [3.05, 3.63) is 35.4 Å². The van der Waals surface area contributed by atoms with Gasteiger partial charge in [-0.05, 0) is 38.8 Å². The number of hydrogen-bond acceptors (Lipinski definition) is 4. The standard InChI is InChI=1S/C18H25N3O3/c1-12-3-5-14(6-4-12)18(2)8-10-21(17(18)23)15(16(22)20-24)13-7-9-19-11-13/h3-6,13,15,19,24H,7-11H2,1-2H3,(H,20,22)/t13?,15-,18?/m1/s1. The third-order valence-electron chi connectivity index (χ3n) is 5.53. The summed E-state index contributed by atoms with van der Waals surface area (Å²) in [6.45, 7) is 6.00. The molecule has 24 heavy (non-hydrogen) atoms. The number of likely N-dealkylation sites (tertiary alicyclic amines) is 1. The van der Waals surface area contributed by atoms with E-state index in [1.807, 2.05) is 38.1 Å². The van der Waals surface area contributed by atoms with Crippen LogP contribution in [-0.2, 0) is 15.0 Å². The minimum Gasteiger partial charge on any atom is -0.329 e. The molecule has 0 aliphatic carbocycles. The van der Waals surface area contributed by atoms with E-state index in [-0.39, 0.29) is 11.8 Å². The molecule has 0 spiro atoms. The number of carbonyl (C=O) groups is 2. The molecule has 2 aliphatic heterocycles. The fourth-order valence-corrected chi connectivity index (χ4v) is 3.95. The van der Waals surface area contributed by atoms with Gasteiger partial charge in [-0.2, -0.15) is 0 Å². The number of nitrogens with zero attached hydrogens (tertiary/aromatic N) is 1. The molecule has 0 saturated carbocycles. The van der Waals surface area contributed by atoms with Crippen LogP contribution in [0.2, 0.25) is 0 Å². The molecule has 1 aromatic rings. The van der Waals surface area contributed by atoms with Gasteiger partial charge in [-0.3, -0.25) is 14.8 Å². The normalized spacial score (nSPS) is 28.2. The molecule has 3 atom stereocenters. The van der Waals surface area contributed by atoms with Gasteiger partial charge in [-0.1, -0.05) is 29.8 Å². The number of rotatable bonds is 4. The Labute approximate surface area is 142 Å². The van der Waals surface area contributed by atoms with Crippen LogP contribution in [0.15, 0.2) is 24.3 Å². The van der Waals surface area contributed by atoms with Crippen molar-refractivity contribution in [2.45, 2.75) is 38.1 Å². The van der Waals surface area contributed by atoms with E-state index in [2.05, 4.69) is 5.32 Å². The van der Waals surface area contributed by atoms with Gasteiger partial charge >= 0.3 is 0 Å². The summed E-state index contributed by atoms with van der Waals surface area (Å²) in [5, 5.41) is 12.4. The number of benzene rings is 1. The highest BCUT2D eigenvalue weighted by atomic mass is 16.5. The van der Waals surface area contributed by atoms with Crippen molar-refractivity contribution < 1.29 is 14.8 Å². The van der Waals surface area contributed by atoms with E-state index in [4.69, 9.17) is 5.21 Å². The lowest BCUT2D eigenvalue weighted by Crippen LogP contribution is -2.53. The molecular formula is C18H25N3O3. The fraction of sp³-hybridized carbons (Fsp3) is 0.556. The topological polar surface area (TPSA) is 81.7 Å². The van der Waals surface area contributed by atoms with Crippen molar-refractivity contribution in [1.82, 2.24) is 15.7 Å². The first-order valence-electron chi connectivity index (χ1n) is 8.50. The summed E-state index contributed by atoms with van der Waals surface area (Å²) in [6, 6.07) is 7.39. The molecule has 1 aromatic carbocycles. The van der Waals surface area contributed by atoms with Crippen molar-refractivity contribution in [1.29, 1.82) is 0 Å². The van der Waals surface area contributed by atoms with Gasteiger partial charge in [0, 0.05) is 19.0 Å². The molecule has 130 valence electrons. The number of amides is 2. The monoisotopic (exact) mass is 331 g/mol. The van der Waals surface area contributed by atoms with Crippen molar-refractivity contribution in [2.75, 3.05) is 19.6 Å². The maximum absolute atomic E-state index is 13.2. The largest absolute Gasteiger partial charge is 0.329 e. The lowest BCUT2D eigenvalue weighted by atomic mass is 9.80. The average molecular weight is 331 g/mol. The van der Waals surface area contributed by atoms with Gasteiger partial charge in [0.15, 0.2) is 0 Å². The van der Waals surface area contributed by atoms with Crippen molar-refractivity contribution in [3.63, 3.8) is 0 Å². The Hall–Kier alpha value is -1.92. The summed E-state index contributed by atoms with van der Waals surface area (Å²) in [4.78, 5) is 27.1. The lowest BCUT2D eigenvalue weighted by Gasteiger charge is -2.32. The van der Waals surface area contributed by atoms with Crippen LogP contribution in [0.1, 0.15) is 30.9 Å². The maximum Gasteiger partial charge on any atom is 0.266 e. The first kappa shape index (κ1) is 16.9. The van der Waals surface area contributed by atoms with Crippen LogP contribution in [0.3, 0.4) is 0 Å². The van der Waals surface area contributed by atoms with E-state index >= 15 is 0 Å². The molecular weight excluding hydrogens is 306 g/mol. The Kier molecular flexibility index (Phi) is 4.60. The first-order chi connectivity index (χ1) is 11.5. The zero-order chi connectivity index (χ0) is 17.3. The molecule has 2 unspecified atom stereocenters. The van der Waals surface area contributed by atoms with E-state index in [0.717, 1.165) is 24.1 Å². The van der Waals surface area contributed by atoms with Crippen LogP contribution in [0.5, 0.6) is 0 Å². The Morgan fingerprint density at radius 2 is 2.12 bits per heavy atom. The summed E-state index contributed by atoms with van der Waals surface area (Å²) in [5.74, 6) is -0.501. The second kappa shape index (κ2) is 6.53. The van der Waals surface area contributed by atoms with E-state index in [1.54, 1.807) is 10.4 Å². The molecule has 2 amide bonds. The summed E-state index contributed by atoms with van der Waals surface area (Å²) < 4.78 is 0. The number of aryl methyl sites for hydroxylation is 1. The summed E-state index contributed by atoms with van der Waals surface area (Å²) in [7, 11) is 0. The summed E-state index contributed by atoms with van der Waals surface area (Å²) in [5.41, 5.74) is 3.27. The van der Waals surface area contributed by atoms with Crippen LogP contribution >= 0.6 is 0 Å². The van der Waals surface area contributed by atoms with Crippen LogP contribution in [0.25, 0.3) is 0 Å². The molecule has 0 aromatic heterocycles. The molecule has 6 nitrogen and oxygen atoms in total. The number of hydroxylamine groups is 1. The summed E-state index contributed by atoms with van der Waals surface area (Å²) in [6.07, 6.45) is 1.49. The Morgan fingerprint density at radius 1 is 1.42 bits per heavy atom. The van der Waals surface area contributed by atoms with Gasteiger partial charge in [-0.25, -0.2) is 5.48 Å². The maximum atomic E-state index is 13.2. The molecule has 2 heterocycles. The Morgan fingerprint density at radius 3 is 2.71 bits per heavy atom. The van der Waals surface area contributed by atoms with Gasteiger partial charge in [0.1, 0.15) is 6.04 Å². The highest BCUT2D eigenvalue weighted by Crippen LogP contribution is 2.38. The van der Waals surface area contributed by atoms with E-state index in [0.29, 0.717) is 19.5 Å². The molecule has 2 aliphatic rings. The second-order valence-corrected chi connectivity index (χ2v) is 7.12.